The quantitative estimate of drug-likeness (QED) is 0.813. The second-order valence-electron chi connectivity index (χ2n) is 6.93. The van der Waals surface area contributed by atoms with Crippen molar-refractivity contribution in [1.29, 1.82) is 0 Å². The van der Waals surface area contributed by atoms with Gasteiger partial charge in [-0.3, -0.25) is 9.59 Å². The number of carbonyl (C=O) groups excluding carboxylic acids is 2. The Morgan fingerprint density at radius 1 is 0.923 bits per heavy atom. The number of benzene rings is 2. The lowest BCUT2D eigenvalue weighted by Crippen LogP contribution is -2.43. The maximum Gasteiger partial charge on any atom is 0.252 e. The van der Waals surface area contributed by atoms with Gasteiger partial charge < -0.3 is 10.0 Å². The molecule has 1 aliphatic rings. The summed E-state index contributed by atoms with van der Waals surface area (Å²) in [6, 6.07) is 18.4. The van der Waals surface area contributed by atoms with Crippen molar-refractivity contribution >= 4 is 11.7 Å². The normalized spacial score (nSPS) is 17.5. The number of nitrogens with zero attached hydrogens (tertiary/aromatic N) is 1. The summed E-state index contributed by atoms with van der Waals surface area (Å²) in [7, 11) is 0. The second kappa shape index (κ2) is 8.28. The predicted molar refractivity (Wildman–Crippen MR) is 101 cm³/mol. The van der Waals surface area contributed by atoms with Gasteiger partial charge in [0.1, 0.15) is 6.10 Å². The first-order valence-electron chi connectivity index (χ1n) is 9.20. The van der Waals surface area contributed by atoms with Crippen LogP contribution in [-0.4, -0.2) is 40.9 Å². The number of Topliss-reactive ketones (excluding diaryl/α,β-unsaturated/α-hetero) is 1. The molecular weight excluding hydrogens is 326 g/mol. The molecule has 0 bridgehead atoms. The van der Waals surface area contributed by atoms with E-state index in [1.54, 1.807) is 24.0 Å². The zero-order valence-electron chi connectivity index (χ0n) is 15.0. The number of rotatable bonds is 6. The highest BCUT2D eigenvalue weighted by Crippen LogP contribution is 2.32. The highest BCUT2D eigenvalue weighted by molar-refractivity contribution is 5.98. The Balaban J connectivity index is 1.90. The first-order valence-corrected chi connectivity index (χ1v) is 9.20. The molecule has 2 aromatic carbocycles. The largest absolute Gasteiger partial charge is 0.383 e. The van der Waals surface area contributed by atoms with E-state index in [-0.39, 0.29) is 11.7 Å². The summed E-state index contributed by atoms with van der Waals surface area (Å²) < 4.78 is 0. The van der Waals surface area contributed by atoms with Gasteiger partial charge in [0.25, 0.3) is 5.91 Å². The SMILES string of the molecule is CC(C(=O)c1ccccc1)C(c1ccccc1)C(O)C(=O)N1CCCC1. The molecule has 0 aliphatic carbocycles. The lowest BCUT2D eigenvalue weighted by atomic mass is 9.78. The zero-order chi connectivity index (χ0) is 18.5. The van der Waals surface area contributed by atoms with Crippen molar-refractivity contribution in [3.63, 3.8) is 0 Å². The molecule has 3 unspecified atom stereocenters. The zero-order valence-corrected chi connectivity index (χ0v) is 15.0. The van der Waals surface area contributed by atoms with Crippen molar-refractivity contribution in [2.45, 2.75) is 31.8 Å². The van der Waals surface area contributed by atoms with Crippen LogP contribution < -0.4 is 0 Å². The van der Waals surface area contributed by atoms with E-state index in [0.29, 0.717) is 18.7 Å². The maximum atomic E-state index is 13.0. The summed E-state index contributed by atoms with van der Waals surface area (Å²) >= 11 is 0. The molecule has 1 heterocycles. The second-order valence-corrected chi connectivity index (χ2v) is 6.93. The molecule has 26 heavy (non-hydrogen) atoms. The number of aliphatic hydroxyl groups is 1. The summed E-state index contributed by atoms with van der Waals surface area (Å²) in [4.78, 5) is 27.5. The van der Waals surface area contributed by atoms with Gasteiger partial charge >= 0.3 is 0 Å². The highest BCUT2D eigenvalue weighted by atomic mass is 16.3. The average Bonchev–Trinajstić information content (AvgIpc) is 3.23. The van der Waals surface area contributed by atoms with Gasteiger partial charge in [-0.05, 0) is 18.4 Å². The number of carbonyl (C=O) groups is 2. The number of hydrogen-bond acceptors (Lipinski definition) is 3. The third kappa shape index (κ3) is 3.86. The van der Waals surface area contributed by atoms with Crippen molar-refractivity contribution in [3.8, 4) is 0 Å². The van der Waals surface area contributed by atoms with Gasteiger partial charge in [0, 0.05) is 30.5 Å². The Morgan fingerprint density at radius 2 is 1.46 bits per heavy atom. The Bertz CT molecular complexity index is 738. The molecule has 1 amide bonds. The molecule has 1 saturated heterocycles. The Kier molecular flexibility index (Phi) is 5.84. The first kappa shape index (κ1) is 18.3. The number of aliphatic hydroxyl groups excluding tert-OH is 1. The van der Waals surface area contributed by atoms with Gasteiger partial charge in [-0.1, -0.05) is 67.6 Å². The fraction of sp³-hybridized carbons (Fsp3) is 0.364. The Morgan fingerprint density at radius 3 is 2.04 bits per heavy atom. The molecule has 1 fully saturated rings. The van der Waals surface area contributed by atoms with Crippen LogP contribution in [0.25, 0.3) is 0 Å². The molecule has 0 radical (unpaired) electrons. The van der Waals surface area contributed by atoms with Crippen LogP contribution in [0.2, 0.25) is 0 Å². The minimum atomic E-state index is -1.22. The highest BCUT2D eigenvalue weighted by Gasteiger charge is 2.38. The number of ketones is 1. The van der Waals surface area contributed by atoms with E-state index in [2.05, 4.69) is 0 Å². The monoisotopic (exact) mass is 351 g/mol. The van der Waals surface area contributed by atoms with E-state index in [0.717, 1.165) is 18.4 Å². The Hall–Kier alpha value is -2.46. The molecule has 4 heteroatoms. The van der Waals surface area contributed by atoms with E-state index in [4.69, 9.17) is 0 Å². The van der Waals surface area contributed by atoms with Gasteiger partial charge in [0.05, 0.1) is 0 Å². The van der Waals surface area contributed by atoms with Crippen molar-refractivity contribution in [1.82, 2.24) is 4.90 Å². The molecule has 2 aromatic rings. The van der Waals surface area contributed by atoms with Gasteiger partial charge in [-0.2, -0.15) is 0 Å². The molecule has 136 valence electrons. The van der Waals surface area contributed by atoms with Crippen LogP contribution in [0.4, 0.5) is 0 Å². The average molecular weight is 351 g/mol. The minimum Gasteiger partial charge on any atom is -0.383 e. The minimum absolute atomic E-state index is 0.0623. The fourth-order valence-corrected chi connectivity index (χ4v) is 3.73. The molecule has 4 nitrogen and oxygen atoms in total. The Labute approximate surface area is 154 Å². The number of likely N-dealkylation sites (tertiary alicyclic amines) is 1. The van der Waals surface area contributed by atoms with Crippen molar-refractivity contribution < 1.29 is 14.7 Å². The summed E-state index contributed by atoms with van der Waals surface area (Å²) in [5.41, 5.74) is 1.41. The molecule has 0 aromatic heterocycles. The molecule has 3 atom stereocenters. The lowest BCUT2D eigenvalue weighted by molar-refractivity contribution is -0.140. The molecule has 0 saturated carbocycles. The lowest BCUT2D eigenvalue weighted by Gasteiger charge is -2.30. The van der Waals surface area contributed by atoms with Crippen LogP contribution in [0.1, 0.15) is 41.6 Å². The van der Waals surface area contributed by atoms with Crippen molar-refractivity contribution in [3.05, 3.63) is 71.8 Å². The number of hydrogen-bond donors (Lipinski definition) is 1. The van der Waals surface area contributed by atoms with Crippen LogP contribution in [-0.2, 0) is 4.79 Å². The summed E-state index contributed by atoms with van der Waals surface area (Å²) in [6.07, 6.45) is 0.707. The van der Waals surface area contributed by atoms with E-state index in [1.165, 1.54) is 0 Å². The van der Waals surface area contributed by atoms with Crippen molar-refractivity contribution in [2.75, 3.05) is 13.1 Å². The van der Waals surface area contributed by atoms with E-state index < -0.39 is 17.9 Å². The summed E-state index contributed by atoms with van der Waals surface area (Å²) in [5, 5.41) is 10.9. The molecule has 0 spiro atoms. The van der Waals surface area contributed by atoms with E-state index in [9.17, 15) is 14.7 Å². The van der Waals surface area contributed by atoms with E-state index >= 15 is 0 Å². The van der Waals surface area contributed by atoms with Gasteiger partial charge in [0.15, 0.2) is 5.78 Å². The van der Waals surface area contributed by atoms with Crippen LogP contribution in [0.15, 0.2) is 60.7 Å². The smallest absolute Gasteiger partial charge is 0.252 e. The predicted octanol–water partition coefficient (Wildman–Crippen LogP) is 3.27. The van der Waals surface area contributed by atoms with Crippen LogP contribution in [0, 0.1) is 5.92 Å². The standard InChI is InChI=1S/C22H25NO3/c1-16(20(24)18-12-6-3-7-13-18)19(17-10-4-2-5-11-17)21(25)22(26)23-14-8-9-15-23/h2-7,10-13,16,19,21,25H,8-9,14-15H2,1H3. The van der Waals surface area contributed by atoms with Gasteiger partial charge in [-0.15, -0.1) is 0 Å². The van der Waals surface area contributed by atoms with Gasteiger partial charge in [0.2, 0.25) is 0 Å². The van der Waals surface area contributed by atoms with Crippen molar-refractivity contribution in [2.24, 2.45) is 5.92 Å². The van der Waals surface area contributed by atoms with E-state index in [1.807, 2.05) is 48.5 Å². The van der Waals surface area contributed by atoms with Crippen LogP contribution in [0.5, 0.6) is 0 Å². The molecule has 1 aliphatic heterocycles. The van der Waals surface area contributed by atoms with Crippen LogP contribution >= 0.6 is 0 Å². The third-order valence-electron chi connectivity index (χ3n) is 5.21. The fourth-order valence-electron chi connectivity index (χ4n) is 3.73. The molecular formula is C22H25NO3. The maximum absolute atomic E-state index is 13.0. The first-order chi connectivity index (χ1) is 12.6. The number of amides is 1. The van der Waals surface area contributed by atoms with Gasteiger partial charge in [-0.25, -0.2) is 0 Å². The molecule has 1 N–H and O–H groups in total. The molecule has 3 rings (SSSR count). The summed E-state index contributed by atoms with van der Waals surface area (Å²) in [5.74, 6) is -1.42. The third-order valence-corrected chi connectivity index (χ3v) is 5.21. The van der Waals surface area contributed by atoms with Crippen LogP contribution in [0.3, 0.4) is 0 Å². The summed E-state index contributed by atoms with van der Waals surface area (Å²) in [6.45, 7) is 3.16. The topological polar surface area (TPSA) is 57.6 Å².